The van der Waals surface area contributed by atoms with E-state index < -0.39 is 36.1 Å². The lowest BCUT2D eigenvalue weighted by Gasteiger charge is -2.21. The van der Waals surface area contributed by atoms with Crippen molar-refractivity contribution >= 4 is 35.8 Å². The van der Waals surface area contributed by atoms with Crippen LogP contribution < -0.4 is 11.1 Å². The van der Waals surface area contributed by atoms with E-state index in [2.05, 4.69) is 15.3 Å². The number of carbonyl (C=O) groups excluding carboxylic acids is 2. The van der Waals surface area contributed by atoms with Crippen LogP contribution in [0.5, 0.6) is 0 Å². The second-order valence-electron chi connectivity index (χ2n) is 8.70. The van der Waals surface area contributed by atoms with Crippen LogP contribution in [-0.4, -0.2) is 83.4 Å². The van der Waals surface area contributed by atoms with Gasteiger partial charge in [0, 0.05) is 14.1 Å². The second-order valence-corrected chi connectivity index (χ2v) is 8.70. The van der Waals surface area contributed by atoms with Gasteiger partial charge < -0.3 is 35.6 Å². The molecule has 13 heteroatoms. The molecule has 0 fully saturated rings. The van der Waals surface area contributed by atoms with Crippen molar-refractivity contribution in [3.63, 3.8) is 0 Å². The summed E-state index contributed by atoms with van der Waals surface area (Å²) < 4.78 is 9.64. The van der Waals surface area contributed by atoms with Crippen LogP contribution in [0.15, 0.2) is 58.5 Å². The number of carboxylic acids is 2. The number of aliphatic carboxylic acids is 2. The summed E-state index contributed by atoms with van der Waals surface area (Å²) in [6.45, 7) is 5.51. The molecule has 3 atom stereocenters. The highest BCUT2D eigenvalue weighted by molar-refractivity contribution is 5.96. The van der Waals surface area contributed by atoms with Crippen molar-refractivity contribution in [3.05, 3.63) is 70.8 Å². The fraction of sp³-hybridized carbons (Fsp3) is 0.308. The van der Waals surface area contributed by atoms with Gasteiger partial charge in [0.15, 0.2) is 5.96 Å². The number of aryl methyl sites for hydroxylation is 2. The number of hydrogen-bond acceptors (Lipinski definition) is 11. The van der Waals surface area contributed by atoms with Crippen LogP contribution in [-0.2, 0) is 19.1 Å². The van der Waals surface area contributed by atoms with E-state index in [1.165, 1.54) is 24.3 Å². The topological polar surface area (TPSA) is 193 Å². The Morgan fingerprint density at radius 1 is 0.846 bits per heavy atom. The van der Waals surface area contributed by atoms with Gasteiger partial charge >= 0.3 is 23.9 Å². The highest BCUT2D eigenvalue weighted by Gasteiger charge is 2.41. The predicted octanol–water partition coefficient (Wildman–Crippen LogP) is 1.39. The van der Waals surface area contributed by atoms with Crippen LogP contribution in [0.2, 0.25) is 0 Å². The standard InChI is InChI=1S/C20H18O8.C6H13N5/c1-11-3-7-13(8-4-11)19(25)27-15(17(21)22)16(18(23)24)28-20(26)14-9-5-12(2)6-10-14;1-4-8-5(7)10-6(9-4)11(2)3/h3-10,15-16H,1-2H3,(H,21,22)(H,23,24);4H,1-3H3,(H3,7,8,9,10)/t15-,16-;4-/m11/s1. The summed E-state index contributed by atoms with van der Waals surface area (Å²) in [5, 5.41) is 21.5. The van der Waals surface area contributed by atoms with Crippen molar-refractivity contribution < 1.29 is 38.9 Å². The van der Waals surface area contributed by atoms with Gasteiger partial charge in [0.1, 0.15) is 6.17 Å². The number of aliphatic imine (C=N–C) groups is 2. The molecule has 0 aromatic heterocycles. The number of ether oxygens (including phenoxy) is 2. The number of rotatable bonds is 7. The molecule has 0 amide bonds. The molecule has 0 unspecified atom stereocenters. The third kappa shape index (κ3) is 9.14. The molecule has 208 valence electrons. The number of nitrogens with zero attached hydrogens (tertiary/aromatic N) is 3. The Morgan fingerprint density at radius 3 is 1.54 bits per heavy atom. The Labute approximate surface area is 224 Å². The van der Waals surface area contributed by atoms with E-state index in [4.69, 9.17) is 15.2 Å². The quantitative estimate of drug-likeness (QED) is 0.370. The summed E-state index contributed by atoms with van der Waals surface area (Å²) in [7, 11) is 3.77. The first-order chi connectivity index (χ1) is 18.3. The number of guanidine groups is 2. The van der Waals surface area contributed by atoms with Crippen molar-refractivity contribution in [3.8, 4) is 0 Å². The third-order valence-corrected chi connectivity index (χ3v) is 5.09. The molecular weight excluding hydrogens is 510 g/mol. The molecule has 1 heterocycles. The van der Waals surface area contributed by atoms with Crippen LogP contribution in [0.1, 0.15) is 38.8 Å². The molecule has 5 N–H and O–H groups in total. The van der Waals surface area contributed by atoms with Gasteiger partial charge in [-0.25, -0.2) is 24.2 Å². The summed E-state index contributed by atoms with van der Waals surface area (Å²) in [5.74, 6) is -4.53. The minimum absolute atomic E-state index is 0.0184. The lowest BCUT2D eigenvalue weighted by atomic mass is 10.1. The fourth-order valence-electron chi connectivity index (χ4n) is 3.03. The largest absolute Gasteiger partial charge is 0.478 e. The van der Waals surface area contributed by atoms with Crippen LogP contribution in [0, 0.1) is 13.8 Å². The van der Waals surface area contributed by atoms with Crippen LogP contribution >= 0.6 is 0 Å². The Balaban J connectivity index is 0.000000404. The lowest BCUT2D eigenvalue weighted by molar-refractivity contribution is -0.166. The molecule has 0 bridgehead atoms. The first-order valence-electron chi connectivity index (χ1n) is 11.6. The van der Waals surface area contributed by atoms with Gasteiger partial charge in [-0.1, -0.05) is 35.4 Å². The molecule has 1 aliphatic rings. The molecule has 2 aromatic carbocycles. The number of benzene rings is 2. The molecular formula is C26H31N5O8. The molecule has 0 saturated carbocycles. The number of carboxylic acid groups (broad SMARTS) is 2. The van der Waals surface area contributed by atoms with Gasteiger partial charge in [-0.3, -0.25) is 0 Å². The molecule has 2 aromatic rings. The smallest absolute Gasteiger partial charge is 0.349 e. The first-order valence-corrected chi connectivity index (χ1v) is 11.6. The normalized spacial score (nSPS) is 15.6. The highest BCUT2D eigenvalue weighted by Crippen LogP contribution is 2.14. The molecule has 0 radical (unpaired) electrons. The van der Waals surface area contributed by atoms with E-state index >= 15 is 0 Å². The van der Waals surface area contributed by atoms with E-state index in [-0.39, 0.29) is 17.3 Å². The van der Waals surface area contributed by atoms with Crippen LogP contribution in [0.3, 0.4) is 0 Å². The molecule has 0 aliphatic carbocycles. The first kappa shape index (κ1) is 30.3. The maximum absolute atomic E-state index is 12.2. The molecule has 3 rings (SSSR count). The predicted molar refractivity (Wildman–Crippen MR) is 141 cm³/mol. The van der Waals surface area contributed by atoms with Gasteiger partial charge in [-0.15, -0.1) is 0 Å². The van der Waals surface area contributed by atoms with E-state index in [0.29, 0.717) is 11.9 Å². The summed E-state index contributed by atoms with van der Waals surface area (Å²) in [5.41, 5.74) is 7.28. The molecule has 13 nitrogen and oxygen atoms in total. The van der Waals surface area contributed by atoms with E-state index in [1.807, 2.05) is 25.9 Å². The highest BCUT2D eigenvalue weighted by atomic mass is 16.6. The van der Waals surface area contributed by atoms with Crippen molar-refractivity contribution in [1.29, 1.82) is 0 Å². The van der Waals surface area contributed by atoms with Gasteiger partial charge in [0.25, 0.3) is 0 Å². The third-order valence-electron chi connectivity index (χ3n) is 5.09. The van der Waals surface area contributed by atoms with Gasteiger partial charge in [0.2, 0.25) is 18.2 Å². The van der Waals surface area contributed by atoms with Crippen LogP contribution in [0.25, 0.3) is 0 Å². The van der Waals surface area contributed by atoms with Crippen molar-refractivity contribution in [1.82, 2.24) is 10.2 Å². The van der Waals surface area contributed by atoms with Gasteiger partial charge in [0.05, 0.1) is 11.1 Å². The molecule has 1 aliphatic heterocycles. The average molecular weight is 542 g/mol. The minimum atomic E-state index is -2.22. The summed E-state index contributed by atoms with van der Waals surface area (Å²) in [6.07, 6.45) is -4.42. The minimum Gasteiger partial charge on any atom is -0.478 e. The number of esters is 2. The van der Waals surface area contributed by atoms with E-state index in [0.717, 1.165) is 11.1 Å². The zero-order valence-electron chi connectivity index (χ0n) is 22.1. The van der Waals surface area contributed by atoms with E-state index in [9.17, 15) is 29.4 Å². The Kier molecular flexibility index (Phi) is 10.5. The SMILES string of the molecule is C[C@H]1N=C(N(C)C)N=C(N)N1.Cc1ccc(C(=O)O[C@@H](C(=O)O)[C@@H](OC(=O)c2ccc(C)cc2)C(=O)O)cc1. The second kappa shape index (κ2) is 13.6. The van der Waals surface area contributed by atoms with E-state index in [1.54, 1.807) is 38.1 Å². The Morgan fingerprint density at radius 2 is 1.23 bits per heavy atom. The lowest BCUT2D eigenvalue weighted by Crippen LogP contribution is -2.45. The molecule has 0 spiro atoms. The van der Waals surface area contributed by atoms with Crippen molar-refractivity contribution in [2.75, 3.05) is 14.1 Å². The number of nitrogens with two attached hydrogens (primary N) is 1. The zero-order valence-corrected chi connectivity index (χ0v) is 22.1. The number of carbonyl (C=O) groups is 4. The number of nitrogens with one attached hydrogen (secondary N) is 1. The Bertz CT molecular complexity index is 1180. The summed E-state index contributed by atoms with van der Waals surface area (Å²) in [6, 6.07) is 12.1. The summed E-state index contributed by atoms with van der Waals surface area (Å²) >= 11 is 0. The monoisotopic (exact) mass is 541 g/mol. The molecule has 39 heavy (non-hydrogen) atoms. The van der Waals surface area contributed by atoms with Gasteiger partial charge in [-0.2, -0.15) is 4.99 Å². The van der Waals surface area contributed by atoms with Crippen LogP contribution in [0.4, 0.5) is 0 Å². The maximum atomic E-state index is 12.2. The van der Waals surface area contributed by atoms with Gasteiger partial charge in [-0.05, 0) is 45.0 Å². The Hall–Kier alpha value is -4.94. The average Bonchev–Trinajstić information content (AvgIpc) is 2.86. The maximum Gasteiger partial charge on any atom is 0.349 e. The van der Waals surface area contributed by atoms with Crippen molar-refractivity contribution in [2.24, 2.45) is 15.7 Å². The van der Waals surface area contributed by atoms with Crippen molar-refractivity contribution in [2.45, 2.75) is 39.1 Å². The number of hydrogen-bond donors (Lipinski definition) is 4. The zero-order chi connectivity index (χ0) is 29.3. The fourth-order valence-corrected chi connectivity index (χ4v) is 3.03. The summed E-state index contributed by atoms with van der Waals surface area (Å²) in [4.78, 5) is 57.3. The molecule has 0 saturated heterocycles.